The number of carbonyl (C=O) groups excluding carboxylic acids is 3. The monoisotopic (exact) mass is 644 g/mol. The minimum absolute atomic E-state index is 0.195. The molecule has 3 aromatic rings. The average Bonchev–Trinajstić information content (AvgIpc) is 3.17. The molecule has 0 aliphatic carbocycles. The molecule has 43 heavy (non-hydrogen) atoms. The molecule has 1 aliphatic heterocycles. The average molecular weight is 646 g/mol. The van der Waals surface area contributed by atoms with Crippen molar-refractivity contribution in [2.24, 2.45) is 5.10 Å². The number of hydroxylamine groups is 2. The number of hydrogen-bond acceptors (Lipinski definition) is 5. The first-order chi connectivity index (χ1) is 20.5. The number of hydrazone groups is 1. The van der Waals surface area contributed by atoms with Gasteiger partial charge in [0.2, 0.25) is 5.91 Å². The molecular formula is C30H31Cl3N6O4. The van der Waals surface area contributed by atoms with Crippen molar-refractivity contribution in [1.29, 1.82) is 0 Å². The predicted molar refractivity (Wildman–Crippen MR) is 169 cm³/mol. The summed E-state index contributed by atoms with van der Waals surface area (Å²) in [5, 5.41) is 19.9. The van der Waals surface area contributed by atoms with Gasteiger partial charge in [-0.25, -0.2) is 15.0 Å². The summed E-state index contributed by atoms with van der Waals surface area (Å²) in [6.07, 6.45) is 1.59. The van der Waals surface area contributed by atoms with Crippen LogP contribution in [-0.4, -0.2) is 57.6 Å². The van der Waals surface area contributed by atoms with Gasteiger partial charge in [-0.05, 0) is 92.9 Å². The van der Waals surface area contributed by atoms with Crippen LogP contribution in [0.15, 0.2) is 77.9 Å². The van der Waals surface area contributed by atoms with Crippen molar-refractivity contribution < 1.29 is 19.6 Å². The molecule has 1 aliphatic rings. The van der Waals surface area contributed by atoms with Gasteiger partial charge in [-0.15, -0.1) is 0 Å². The SMILES string of the molecule is CC1(C)C(N(O)C(=O)Nc2ccc(Cl)cc2)N(c2ccc(Cl)cc2)C(=O)N1CCCCC(=O)NN=Cc1ccc(Cl)cc1. The van der Waals surface area contributed by atoms with Crippen molar-refractivity contribution in [3.63, 3.8) is 0 Å². The fourth-order valence-corrected chi connectivity index (χ4v) is 5.12. The van der Waals surface area contributed by atoms with Gasteiger partial charge in [0.05, 0.1) is 11.8 Å². The van der Waals surface area contributed by atoms with Crippen LogP contribution < -0.4 is 15.6 Å². The standard InChI is InChI=1S/C30H31Cl3N6O4/c1-30(2)27(39(43)28(41)35-24-14-10-22(32)11-15-24)38(25-16-12-23(33)13-17-25)29(42)37(30)18-4-3-5-26(40)36-34-19-20-6-8-21(31)9-7-20/h6-17,19,27,43H,3-5,18H2,1-2H3,(H,35,41)(H,36,40). The first kappa shape index (κ1) is 32.1. The lowest BCUT2D eigenvalue weighted by atomic mass is 9.99. The van der Waals surface area contributed by atoms with Crippen LogP contribution >= 0.6 is 34.8 Å². The summed E-state index contributed by atoms with van der Waals surface area (Å²) in [6.45, 7) is 3.81. The van der Waals surface area contributed by atoms with Crippen LogP contribution in [0.3, 0.4) is 0 Å². The van der Waals surface area contributed by atoms with Crippen LogP contribution in [0, 0.1) is 0 Å². The van der Waals surface area contributed by atoms with E-state index in [-0.39, 0.29) is 18.9 Å². The van der Waals surface area contributed by atoms with E-state index in [1.54, 1.807) is 91.5 Å². The Balaban J connectivity index is 1.42. The molecule has 226 valence electrons. The van der Waals surface area contributed by atoms with Crippen LogP contribution in [0.2, 0.25) is 15.1 Å². The van der Waals surface area contributed by atoms with E-state index in [2.05, 4.69) is 15.8 Å². The highest BCUT2D eigenvalue weighted by molar-refractivity contribution is 6.31. The maximum absolute atomic E-state index is 13.8. The molecule has 1 heterocycles. The van der Waals surface area contributed by atoms with Gasteiger partial charge in [0.1, 0.15) is 0 Å². The van der Waals surface area contributed by atoms with Crippen molar-refractivity contribution in [3.05, 3.63) is 93.4 Å². The maximum Gasteiger partial charge on any atom is 0.347 e. The van der Waals surface area contributed by atoms with Crippen LogP contribution in [-0.2, 0) is 4.79 Å². The summed E-state index contributed by atoms with van der Waals surface area (Å²) in [6, 6.07) is 18.7. The van der Waals surface area contributed by atoms with Crippen LogP contribution in [0.5, 0.6) is 0 Å². The lowest BCUT2D eigenvalue weighted by Gasteiger charge is -2.38. The number of nitrogens with one attached hydrogen (secondary N) is 2. The first-order valence-corrected chi connectivity index (χ1v) is 14.6. The van der Waals surface area contributed by atoms with Gasteiger partial charge in [-0.1, -0.05) is 46.9 Å². The van der Waals surface area contributed by atoms with E-state index in [0.717, 1.165) is 5.56 Å². The van der Waals surface area contributed by atoms with Crippen molar-refractivity contribution >= 4 is 70.4 Å². The molecule has 1 unspecified atom stereocenters. The zero-order valence-corrected chi connectivity index (χ0v) is 25.8. The molecule has 0 spiro atoms. The number of carbonyl (C=O) groups is 3. The molecule has 10 nitrogen and oxygen atoms in total. The second-order valence-electron chi connectivity index (χ2n) is 10.4. The summed E-state index contributed by atoms with van der Waals surface area (Å²) in [4.78, 5) is 42.2. The topological polar surface area (TPSA) is 118 Å². The molecule has 0 saturated carbocycles. The molecule has 3 aromatic carbocycles. The number of urea groups is 2. The van der Waals surface area contributed by atoms with Gasteiger partial charge in [0.25, 0.3) is 0 Å². The molecule has 3 N–H and O–H groups in total. The Morgan fingerprint density at radius 2 is 1.49 bits per heavy atom. The molecule has 1 atom stereocenters. The Morgan fingerprint density at radius 3 is 2.09 bits per heavy atom. The molecular weight excluding hydrogens is 615 g/mol. The predicted octanol–water partition coefficient (Wildman–Crippen LogP) is 7.24. The molecule has 0 bridgehead atoms. The number of benzene rings is 3. The van der Waals surface area contributed by atoms with Gasteiger partial charge in [-0.2, -0.15) is 10.2 Å². The molecule has 0 radical (unpaired) electrons. The Labute approximate surface area is 264 Å². The van der Waals surface area contributed by atoms with Gasteiger partial charge in [0, 0.05) is 39.4 Å². The lowest BCUT2D eigenvalue weighted by molar-refractivity contribution is -0.121. The zero-order valence-electron chi connectivity index (χ0n) is 23.5. The Kier molecular flexibility index (Phi) is 10.5. The third-order valence-electron chi connectivity index (χ3n) is 6.96. The second kappa shape index (κ2) is 14.1. The molecule has 4 rings (SSSR count). The first-order valence-electron chi connectivity index (χ1n) is 13.5. The molecule has 1 fully saturated rings. The fourth-order valence-electron chi connectivity index (χ4n) is 4.75. The maximum atomic E-state index is 13.8. The van der Waals surface area contributed by atoms with Gasteiger partial charge in [0.15, 0.2) is 6.17 Å². The number of unbranched alkanes of at least 4 members (excludes halogenated alkanes) is 1. The van der Waals surface area contributed by atoms with Crippen LogP contribution in [0.25, 0.3) is 0 Å². The zero-order chi connectivity index (χ0) is 31.1. The van der Waals surface area contributed by atoms with E-state index in [4.69, 9.17) is 34.8 Å². The second-order valence-corrected chi connectivity index (χ2v) is 11.7. The highest BCUT2D eigenvalue weighted by Crippen LogP contribution is 2.38. The molecule has 13 heteroatoms. The van der Waals surface area contributed by atoms with Crippen LogP contribution in [0.1, 0.15) is 38.7 Å². The molecule has 1 saturated heterocycles. The summed E-state index contributed by atoms with van der Waals surface area (Å²) in [5.74, 6) is -0.265. The van der Waals surface area contributed by atoms with Gasteiger partial charge in [-0.3, -0.25) is 14.9 Å². The minimum Gasteiger partial charge on any atom is -0.315 e. The number of rotatable bonds is 10. The van der Waals surface area contributed by atoms with E-state index in [1.807, 2.05) is 0 Å². The summed E-state index contributed by atoms with van der Waals surface area (Å²) in [7, 11) is 0. The quantitative estimate of drug-likeness (QED) is 0.0933. The third kappa shape index (κ3) is 7.97. The molecule has 0 aromatic heterocycles. The largest absolute Gasteiger partial charge is 0.347 e. The van der Waals surface area contributed by atoms with Crippen molar-refractivity contribution in [3.8, 4) is 0 Å². The van der Waals surface area contributed by atoms with E-state index < -0.39 is 23.8 Å². The number of anilines is 2. The Morgan fingerprint density at radius 1 is 0.930 bits per heavy atom. The smallest absolute Gasteiger partial charge is 0.315 e. The van der Waals surface area contributed by atoms with E-state index in [0.29, 0.717) is 44.3 Å². The van der Waals surface area contributed by atoms with Crippen molar-refractivity contribution in [2.45, 2.75) is 44.8 Å². The van der Waals surface area contributed by atoms with Gasteiger partial charge < -0.3 is 10.2 Å². The highest BCUT2D eigenvalue weighted by atomic mass is 35.5. The van der Waals surface area contributed by atoms with Crippen LogP contribution in [0.4, 0.5) is 21.0 Å². The normalized spacial score (nSPS) is 16.0. The minimum atomic E-state index is -1.10. The van der Waals surface area contributed by atoms with Crippen molar-refractivity contribution in [2.75, 3.05) is 16.8 Å². The van der Waals surface area contributed by atoms with Gasteiger partial charge >= 0.3 is 12.1 Å². The number of amides is 5. The lowest BCUT2D eigenvalue weighted by Crippen LogP contribution is -2.58. The summed E-state index contributed by atoms with van der Waals surface area (Å²) >= 11 is 17.9. The summed E-state index contributed by atoms with van der Waals surface area (Å²) in [5.41, 5.74) is 3.12. The number of hydrogen-bond donors (Lipinski definition) is 3. The fraction of sp³-hybridized carbons (Fsp3) is 0.267. The van der Waals surface area contributed by atoms with E-state index in [9.17, 15) is 19.6 Å². The Hall–Kier alpha value is -3.83. The highest BCUT2D eigenvalue weighted by Gasteiger charge is 2.55. The summed E-state index contributed by atoms with van der Waals surface area (Å²) < 4.78 is 0. The number of nitrogens with zero attached hydrogens (tertiary/aromatic N) is 4. The van der Waals surface area contributed by atoms with Crippen molar-refractivity contribution in [1.82, 2.24) is 15.4 Å². The van der Waals surface area contributed by atoms with E-state index >= 15 is 0 Å². The number of halogens is 3. The third-order valence-corrected chi connectivity index (χ3v) is 7.71. The Bertz CT molecular complexity index is 1470. The molecule has 5 amide bonds. The van der Waals surface area contributed by atoms with E-state index in [1.165, 1.54) is 11.1 Å².